The van der Waals surface area contributed by atoms with Crippen LogP contribution in [0.2, 0.25) is 10.0 Å². The van der Waals surface area contributed by atoms with Gasteiger partial charge in [0, 0.05) is 16.6 Å². The zero-order chi connectivity index (χ0) is 26.1. The summed E-state index contributed by atoms with van der Waals surface area (Å²) in [5.41, 5.74) is 5.62. The van der Waals surface area contributed by atoms with Crippen LogP contribution < -0.4 is 10.1 Å². The van der Waals surface area contributed by atoms with E-state index in [0.717, 1.165) is 27.9 Å². The maximum Gasteiger partial charge on any atom is 0.246 e. The van der Waals surface area contributed by atoms with E-state index in [4.69, 9.17) is 27.9 Å². The molecule has 0 spiro atoms. The zero-order valence-electron chi connectivity index (χ0n) is 20.5. The van der Waals surface area contributed by atoms with Gasteiger partial charge in [0.2, 0.25) is 5.91 Å². The van der Waals surface area contributed by atoms with E-state index in [1.165, 1.54) is 0 Å². The molecule has 0 aliphatic carbocycles. The lowest BCUT2D eigenvalue weighted by Gasteiger charge is -2.10. The van der Waals surface area contributed by atoms with Crippen molar-refractivity contribution in [2.45, 2.75) is 34.0 Å². The van der Waals surface area contributed by atoms with Gasteiger partial charge in [-0.05, 0) is 56.2 Å². The minimum atomic E-state index is -0.233. The third kappa shape index (κ3) is 5.03. The Morgan fingerprint density at radius 2 is 1.73 bits per heavy atom. The summed E-state index contributed by atoms with van der Waals surface area (Å²) in [6.45, 7) is 5.75. The van der Waals surface area contributed by atoms with Crippen molar-refractivity contribution in [1.82, 2.24) is 24.5 Å². The Morgan fingerprint density at radius 3 is 2.49 bits per heavy atom. The van der Waals surface area contributed by atoms with E-state index in [2.05, 4.69) is 20.5 Å². The molecule has 2 aromatic carbocycles. The van der Waals surface area contributed by atoms with Crippen LogP contribution in [0, 0.1) is 20.8 Å². The second kappa shape index (κ2) is 10.2. The highest BCUT2D eigenvalue weighted by atomic mass is 35.5. The second-order valence-corrected chi connectivity index (χ2v) is 9.45. The number of hydrogen-bond acceptors (Lipinski definition) is 5. The van der Waals surface area contributed by atoms with Gasteiger partial charge in [-0.2, -0.15) is 10.2 Å². The number of fused-ring (bicyclic) bond motifs is 1. The van der Waals surface area contributed by atoms with Crippen molar-refractivity contribution in [3.05, 3.63) is 87.9 Å². The summed E-state index contributed by atoms with van der Waals surface area (Å²) >= 11 is 12.1. The number of nitrogens with zero attached hydrogens (tertiary/aromatic N) is 5. The second-order valence-electron chi connectivity index (χ2n) is 8.61. The van der Waals surface area contributed by atoms with Gasteiger partial charge in [-0.3, -0.25) is 4.79 Å². The Balaban J connectivity index is 1.34. The number of anilines is 1. The highest BCUT2D eigenvalue weighted by Crippen LogP contribution is 2.30. The molecule has 0 atom stereocenters. The molecule has 0 fully saturated rings. The summed E-state index contributed by atoms with van der Waals surface area (Å²) in [6, 6.07) is 17.1. The number of rotatable bonds is 7. The third-order valence-electron chi connectivity index (χ3n) is 6.07. The molecule has 0 saturated carbocycles. The minimum Gasteiger partial charge on any atom is -0.470 e. The molecule has 0 radical (unpaired) electrons. The number of aromatic nitrogens is 5. The van der Waals surface area contributed by atoms with E-state index in [-0.39, 0.29) is 19.2 Å². The highest BCUT2D eigenvalue weighted by Gasteiger charge is 2.19. The van der Waals surface area contributed by atoms with Crippen molar-refractivity contribution in [1.29, 1.82) is 0 Å². The molecule has 10 heteroatoms. The standard InChI is InChI=1S/C27H24Cl2N6O2/c1-16-25-21(19-7-5-4-6-8-19)11-12-30-27(25)34(32-16)14-24(36)31-26-17(2)33-35(18(26)3)15-37-23-10-9-20(28)13-22(23)29/h4-13H,14-15H2,1-3H3,(H,31,36). The summed E-state index contributed by atoms with van der Waals surface area (Å²) in [7, 11) is 0. The van der Waals surface area contributed by atoms with Crippen LogP contribution in [0.3, 0.4) is 0 Å². The number of carbonyl (C=O) groups is 1. The molecule has 5 rings (SSSR count). The molecule has 0 bridgehead atoms. The first kappa shape index (κ1) is 24.8. The van der Waals surface area contributed by atoms with E-state index in [9.17, 15) is 4.79 Å². The van der Waals surface area contributed by atoms with Gasteiger partial charge in [0.05, 0.1) is 27.8 Å². The van der Waals surface area contributed by atoms with Gasteiger partial charge in [-0.1, -0.05) is 53.5 Å². The zero-order valence-corrected chi connectivity index (χ0v) is 22.0. The first-order valence-corrected chi connectivity index (χ1v) is 12.4. The largest absolute Gasteiger partial charge is 0.470 e. The first-order chi connectivity index (χ1) is 17.8. The van der Waals surface area contributed by atoms with Crippen LogP contribution in [0.5, 0.6) is 5.75 Å². The van der Waals surface area contributed by atoms with E-state index < -0.39 is 0 Å². The third-order valence-corrected chi connectivity index (χ3v) is 6.60. The van der Waals surface area contributed by atoms with Gasteiger partial charge < -0.3 is 10.1 Å². The number of carbonyl (C=O) groups excluding carboxylic acids is 1. The fraction of sp³-hybridized carbons (Fsp3) is 0.185. The van der Waals surface area contributed by atoms with Crippen molar-refractivity contribution >= 4 is 45.8 Å². The van der Waals surface area contributed by atoms with E-state index >= 15 is 0 Å². The van der Waals surface area contributed by atoms with E-state index in [1.54, 1.807) is 33.8 Å². The predicted octanol–water partition coefficient (Wildman–Crippen LogP) is 6.20. The van der Waals surface area contributed by atoms with Crippen molar-refractivity contribution in [3.8, 4) is 16.9 Å². The molecule has 3 heterocycles. The lowest BCUT2D eigenvalue weighted by molar-refractivity contribution is -0.116. The topological polar surface area (TPSA) is 86.9 Å². The number of ether oxygens (including phenoxy) is 1. The summed E-state index contributed by atoms with van der Waals surface area (Å²) < 4.78 is 9.10. The van der Waals surface area contributed by atoms with Gasteiger partial charge in [-0.25, -0.2) is 14.3 Å². The van der Waals surface area contributed by atoms with Crippen LogP contribution in [-0.2, 0) is 18.1 Å². The van der Waals surface area contributed by atoms with Crippen molar-refractivity contribution in [2.75, 3.05) is 5.32 Å². The average molecular weight is 535 g/mol. The molecular formula is C27H24Cl2N6O2. The number of nitrogens with one attached hydrogen (secondary N) is 1. The summed E-state index contributed by atoms with van der Waals surface area (Å²) in [6.07, 6.45) is 1.74. The Bertz CT molecular complexity index is 1610. The smallest absolute Gasteiger partial charge is 0.246 e. The molecule has 37 heavy (non-hydrogen) atoms. The van der Waals surface area contributed by atoms with E-state index in [0.29, 0.717) is 32.8 Å². The fourth-order valence-electron chi connectivity index (χ4n) is 4.29. The van der Waals surface area contributed by atoms with Crippen LogP contribution in [0.15, 0.2) is 60.8 Å². The maximum atomic E-state index is 13.1. The summed E-state index contributed by atoms with van der Waals surface area (Å²) in [5.74, 6) is 0.260. The van der Waals surface area contributed by atoms with Crippen molar-refractivity contribution in [3.63, 3.8) is 0 Å². The van der Waals surface area contributed by atoms with Gasteiger partial charge in [-0.15, -0.1) is 0 Å². The number of benzene rings is 2. The molecule has 3 aromatic heterocycles. The van der Waals surface area contributed by atoms with E-state index in [1.807, 2.05) is 57.2 Å². The van der Waals surface area contributed by atoms with Crippen LogP contribution >= 0.6 is 23.2 Å². The Kier molecular flexibility index (Phi) is 6.86. The van der Waals surface area contributed by atoms with Gasteiger partial charge in [0.25, 0.3) is 0 Å². The Hall–Kier alpha value is -3.88. The lowest BCUT2D eigenvalue weighted by atomic mass is 10.0. The van der Waals surface area contributed by atoms with Crippen molar-refractivity contribution < 1.29 is 9.53 Å². The Labute approximate surface area is 223 Å². The number of aryl methyl sites for hydroxylation is 2. The SMILES string of the molecule is Cc1nn(COc2ccc(Cl)cc2Cl)c(C)c1NC(=O)Cn1nc(C)c2c(-c3ccccc3)ccnc21. The Morgan fingerprint density at radius 1 is 0.973 bits per heavy atom. The van der Waals surface area contributed by atoms with Gasteiger partial charge >= 0.3 is 0 Å². The highest BCUT2D eigenvalue weighted by molar-refractivity contribution is 6.35. The van der Waals surface area contributed by atoms with Crippen molar-refractivity contribution in [2.24, 2.45) is 0 Å². The quantitative estimate of drug-likeness (QED) is 0.268. The summed E-state index contributed by atoms with van der Waals surface area (Å²) in [4.78, 5) is 17.6. The number of hydrogen-bond donors (Lipinski definition) is 1. The van der Waals surface area contributed by atoms with Crippen LogP contribution in [0.1, 0.15) is 17.1 Å². The number of pyridine rings is 1. The number of halogens is 2. The first-order valence-electron chi connectivity index (χ1n) is 11.6. The maximum absolute atomic E-state index is 13.1. The normalized spacial score (nSPS) is 11.2. The fourth-order valence-corrected chi connectivity index (χ4v) is 4.75. The predicted molar refractivity (Wildman–Crippen MR) is 145 cm³/mol. The monoisotopic (exact) mass is 534 g/mol. The molecule has 1 N–H and O–H groups in total. The van der Waals surface area contributed by atoms with Crippen LogP contribution in [0.25, 0.3) is 22.2 Å². The summed E-state index contributed by atoms with van der Waals surface area (Å²) in [5, 5.41) is 14.0. The number of amides is 1. The lowest BCUT2D eigenvalue weighted by Crippen LogP contribution is -2.20. The molecule has 8 nitrogen and oxygen atoms in total. The molecule has 5 aromatic rings. The minimum absolute atomic E-state index is 0.0104. The van der Waals surface area contributed by atoms with Crippen LogP contribution in [0.4, 0.5) is 5.69 Å². The molecule has 188 valence electrons. The molecule has 0 unspecified atom stereocenters. The molecule has 1 amide bonds. The molecule has 0 aliphatic rings. The van der Waals surface area contributed by atoms with Gasteiger partial charge in [0.15, 0.2) is 12.4 Å². The molecule has 0 saturated heterocycles. The molecular weight excluding hydrogens is 511 g/mol. The van der Waals surface area contributed by atoms with Gasteiger partial charge in [0.1, 0.15) is 12.3 Å². The average Bonchev–Trinajstić information content (AvgIpc) is 3.34. The van der Waals surface area contributed by atoms with Crippen LogP contribution in [-0.4, -0.2) is 30.5 Å². The molecule has 0 aliphatic heterocycles.